The van der Waals surface area contributed by atoms with Crippen LogP contribution in [-0.4, -0.2) is 30.3 Å². The molecule has 1 aliphatic carbocycles. The van der Waals surface area contributed by atoms with Gasteiger partial charge < -0.3 is 15.4 Å². The summed E-state index contributed by atoms with van der Waals surface area (Å²) in [6.07, 6.45) is 4.82. The Bertz CT molecular complexity index is 286. The third kappa shape index (κ3) is 7.41. The van der Waals surface area contributed by atoms with E-state index in [4.69, 9.17) is 4.74 Å². The van der Waals surface area contributed by atoms with Crippen LogP contribution >= 0.6 is 0 Å². The van der Waals surface area contributed by atoms with Gasteiger partial charge in [0.25, 0.3) is 0 Å². The minimum Gasteiger partial charge on any atom is -0.444 e. The van der Waals surface area contributed by atoms with Crippen LogP contribution in [0.1, 0.15) is 60.3 Å². The second-order valence-corrected chi connectivity index (χ2v) is 6.92. The van der Waals surface area contributed by atoms with Crippen LogP contribution in [0.5, 0.6) is 0 Å². The highest BCUT2D eigenvalue weighted by Crippen LogP contribution is 2.23. The molecule has 19 heavy (non-hydrogen) atoms. The predicted molar refractivity (Wildman–Crippen MR) is 78.3 cm³/mol. The van der Waals surface area contributed by atoms with E-state index < -0.39 is 5.60 Å². The van der Waals surface area contributed by atoms with Crippen LogP contribution in [0.2, 0.25) is 0 Å². The van der Waals surface area contributed by atoms with Gasteiger partial charge in [-0.05, 0) is 46.5 Å². The highest BCUT2D eigenvalue weighted by molar-refractivity contribution is 5.67. The molecule has 1 amide bonds. The summed E-state index contributed by atoms with van der Waals surface area (Å²) in [7, 11) is 0. The number of nitrogens with one attached hydrogen (secondary N) is 2. The molecule has 0 aliphatic heterocycles. The van der Waals surface area contributed by atoms with E-state index in [-0.39, 0.29) is 12.1 Å². The van der Waals surface area contributed by atoms with Gasteiger partial charge in [-0.1, -0.05) is 19.8 Å². The minimum atomic E-state index is -0.431. The van der Waals surface area contributed by atoms with Gasteiger partial charge in [0.2, 0.25) is 0 Å². The second kappa shape index (κ2) is 7.13. The Balaban J connectivity index is 2.20. The van der Waals surface area contributed by atoms with Crippen molar-refractivity contribution < 1.29 is 9.53 Å². The SMILES string of the molecule is CC1CCCC(NC(C)CNC(=O)OC(C)(C)C)C1. The van der Waals surface area contributed by atoms with Crippen molar-refractivity contribution in [2.75, 3.05) is 6.54 Å². The number of amides is 1. The van der Waals surface area contributed by atoms with Crippen LogP contribution in [0, 0.1) is 5.92 Å². The van der Waals surface area contributed by atoms with Gasteiger partial charge in [-0.3, -0.25) is 0 Å². The normalized spacial score (nSPS) is 25.7. The van der Waals surface area contributed by atoms with Crippen LogP contribution in [0.4, 0.5) is 4.79 Å². The molecule has 0 heterocycles. The Morgan fingerprint density at radius 2 is 2.05 bits per heavy atom. The van der Waals surface area contributed by atoms with E-state index in [1.807, 2.05) is 20.8 Å². The molecule has 0 radical (unpaired) electrons. The van der Waals surface area contributed by atoms with E-state index in [2.05, 4.69) is 24.5 Å². The minimum absolute atomic E-state index is 0.280. The summed E-state index contributed by atoms with van der Waals surface area (Å²) in [5.74, 6) is 0.817. The molecule has 112 valence electrons. The first-order valence-corrected chi connectivity index (χ1v) is 7.49. The number of ether oxygens (including phenoxy) is 1. The fraction of sp³-hybridized carbons (Fsp3) is 0.933. The van der Waals surface area contributed by atoms with Crippen LogP contribution in [0.25, 0.3) is 0 Å². The maximum Gasteiger partial charge on any atom is 0.407 e. The molecule has 0 aromatic rings. The van der Waals surface area contributed by atoms with E-state index in [0.29, 0.717) is 12.6 Å². The lowest BCUT2D eigenvalue weighted by atomic mass is 9.87. The Kier molecular flexibility index (Phi) is 6.11. The first-order valence-electron chi connectivity index (χ1n) is 7.49. The number of carbonyl (C=O) groups excluding carboxylic acids is 1. The predicted octanol–water partition coefficient (Wildman–Crippen LogP) is 3.07. The first kappa shape index (κ1) is 16.3. The van der Waals surface area contributed by atoms with E-state index in [0.717, 1.165) is 5.92 Å². The lowest BCUT2D eigenvalue weighted by molar-refractivity contribution is 0.0522. The Morgan fingerprint density at radius 3 is 2.63 bits per heavy atom. The number of rotatable bonds is 4. The van der Waals surface area contributed by atoms with Gasteiger partial charge in [0.1, 0.15) is 5.60 Å². The van der Waals surface area contributed by atoms with Crippen molar-refractivity contribution >= 4 is 6.09 Å². The van der Waals surface area contributed by atoms with Gasteiger partial charge in [0.15, 0.2) is 0 Å². The quantitative estimate of drug-likeness (QED) is 0.825. The molecule has 1 fully saturated rings. The molecule has 4 nitrogen and oxygen atoms in total. The standard InChI is InChI=1S/C15H30N2O2/c1-11-7-6-8-13(9-11)17-12(2)10-16-14(18)19-15(3,4)5/h11-13,17H,6-10H2,1-5H3,(H,16,18). The molecule has 3 unspecified atom stereocenters. The Morgan fingerprint density at radius 1 is 1.37 bits per heavy atom. The van der Waals surface area contributed by atoms with Crippen molar-refractivity contribution in [2.45, 2.75) is 78.0 Å². The van der Waals surface area contributed by atoms with Crippen LogP contribution in [0.3, 0.4) is 0 Å². The molecule has 0 aromatic carbocycles. The van der Waals surface area contributed by atoms with Gasteiger partial charge in [-0.25, -0.2) is 4.79 Å². The highest BCUT2D eigenvalue weighted by Gasteiger charge is 2.21. The maximum absolute atomic E-state index is 11.5. The number of hydrogen-bond donors (Lipinski definition) is 2. The summed E-state index contributed by atoms with van der Waals surface area (Å²) in [6.45, 7) is 10.7. The second-order valence-electron chi connectivity index (χ2n) is 6.92. The van der Waals surface area contributed by atoms with Crippen molar-refractivity contribution in [3.63, 3.8) is 0 Å². The molecular weight excluding hydrogens is 240 g/mol. The maximum atomic E-state index is 11.5. The van der Waals surface area contributed by atoms with Crippen LogP contribution < -0.4 is 10.6 Å². The van der Waals surface area contributed by atoms with Gasteiger partial charge in [0, 0.05) is 18.6 Å². The fourth-order valence-corrected chi connectivity index (χ4v) is 2.60. The number of hydrogen-bond acceptors (Lipinski definition) is 3. The lowest BCUT2D eigenvalue weighted by Crippen LogP contribution is -2.46. The third-order valence-corrected chi connectivity index (χ3v) is 3.41. The van der Waals surface area contributed by atoms with Crippen molar-refractivity contribution in [3.05, 3.63) is 0 Å². The Labute approximate surface area is 117 Å². The summed E-state index contributed by atoms with van der Waals surface area (Å²) in [4.78, 5) is 11.5. The average molecular weight is 270 g/mol. The number of alkyl carbamates (subject to hydrolysis) is 1. The molecule has 0 aromatic heterocycles. The molecule has 3 atom stereocenters. The molecule has 1 saturated carbocycles. The zero-order valence-corrected chi connectivity index (χ0v) is 13.1. The van der Waals surface area contributed by atoms with Crippen molar-refractivity contribution in [1.82, 2.24) is 10.6 Å². The van der Waals surface area contributed by atoms with E-state index in [1.165, 1.54) is 25.7 Å². The van der Waals surface area contributed by atoms with Crippen molar-refractivity contribution in [1.29, 1.82) is 0 Å². The monoisotopic (exact) mass is 270 g/mol. The number of carbonyl (C=O) groups is 1. The molecule has 0 spiro atoms. The lowest BCUT2D eigenvalue weighted by Gasteiger charge is -2.30. The van der Waals surface area contributed by atoms with Gasteiger partial charge >= 0.3 is 6.09 Å². The van der Waals surface area contributed by atoms with Crippen molar-refractivity contribution in [2.24, 2.45) is 5.92 Å². The van der Waals surface area contributed by atoms with E-state index in [9.17, 15) is 4.79 Å². The molecule has 0 bridgehead atoms. The molecule has 2 N–H and O–H groups in total. The largest absolute Gasteiger partial charge is 0.444 e. The van der Waals surface area contributed by atoms with E-state index >= 15 is 0 Å². The molecule has 1 aliphatic rings. The molecule has 1 rings (SSSR count). The first-order chi connectivity index (χ1) is 8.76. The Hall–Kier alpha value is -0.770. The average Bonchev–Trinajstić information content (AvgIpc) is 2.24. The summed E-state index contributed by atoms with van der Waals surface area (Å²) in [6, 6.07) is 0.877. The fourth-order valence-electron chi connectivity index (χ4n) is 2.60. The van der Waals surface area contributed by atoms with Gasteiger partial charge in [-0.15, -0.1) is 0 Å². The summed E-state index contributed by atoms with van der Waals surface area (Å²) >= 11 is 0. The summed E-state index contributed by atoms with van der Waals surface area (Å²) < 4.78 is 5.22. The van der Waals surface area contributed by atoms with Gasteiger partial charge in [0.05, 0.1) is 0 Å². The molecule has 0 saturated heterocycles. The third-order valence-electron chi connectivity index (χ3n) is 3.41. The zero-order valence-electron chi connectivity index (χ0n) is 13.1. The van der Waals surface area contributed by atoms with Gasteiger partial charge in [-0.2, -0.15) is 0 Å². The zero-order chi connectivity index (χ0) is 14.5. The van der Waals surface area contributed by atoms with Crippen LogP contribution in [-0.2, 0) is 4.74 Å². The van der Waals surface area contributed by atoms with E-state index in [1.54, 1.807) is 0 Å². The highest BCUT2D eigenvalue weighted by atomic mass is 16.6. The van der Waals surface area contributed by atoms with Crippen molar-refractivity contribution in [3.8, 4) is 0 Å². The molecular formula is C15H30N2O2. The summed E-state index contributed by atoms with van der Waals surface area (Å²) in [5.41, 5.74) is -0.431. The van der Waals surface area contributed by atoms with Crippen LogP contribution in [0.15, 0.2) is 0 Å². The molecule has 4 heteroatoms. The smallest absolute Gasteiger partial charge is 0.407 e. The topological polar surface area (TPSA) is 50.4 Å². The summed E-state index contributed by atoms with van der Waals surface area (Å²) in [5, 5.41) is 6.41.